The number of benzene rings is 2. The van der Waals surface area contributed by atoms with E-state index in [1.165, 1.54) is 0 Å². The number of carbonyl (C=O) groups is 1. The quantitative estimate of drug-likeness (QED) is 0.619. The van der Waals surface area contributed by atoms with Crippen molar-refractivity contribution in [3.8, 4) is 11.5 Å². The van der Waals surface area contributed by atoms with Crippen LogP contribution in [0.2, 0.25) is 0 Å². The molecule has 4 nitrogen and oxygen atoms in total. The Kier molecular flexibility index (Phi) is 6.86. The smallest absolute Gasteiger partial charge is 0.262 e. The molecule has 1 amide bonds. The van der Waals surface area contributed by atoms with Gasteiger partial charge in [0.25, 0.3) is 5.91 Å². The molecule has 0 radical (unpaired) electrons. The number of halogens is 1. The third-order valence-electron chi connectivity index (χ3n) is 3.61. The molecule has 0 heterocycles. The predicted molar refractivity (Wildman–Crippen MR) is 109 cm³/mol. The monoisotopic (exact) mass is 417 g/mol. The van der Waals surface area contributed by atoms with Gasteiger partial charge < -0.3 is 14.8 Å². The molecule has 0 unspecified atom stereocenters. The number of nitrogens with one attached hydrogen (secondary N) is 1. The van der Waals surface area contributed by atoms with E-state index in [2.05, 4.69) is 48.6 Å². The predicted octanol–water partition coefficient (Wildman–Crippen LogP) is 5.33. The lowest BCUT2D eigenvalue weighted by molar-refractivity contribution is -0.118. The zero-order chi connectivity index (χ0) is 19.2. The van der Waals surface area contributed by atoms with Gasteiger partial charge in [-0.05, 0) is 47.9 Å². The van der Waals surface area contributed by atoms with Crippen LogP contribution in [0.15, 0.2) is 59.6 Å². The first-order chi connectivity index (χ1) is 12.3. The Labute approximate surface area is 163 Å². The molecule has 0 spiro atoms. The molecule has 0 aliphatic carbocycles. The van der Waals surface area contributed by atoms with E-state index < -0.39 is 0 Å². The summed E-state index contributed by atoms with van der Waals surface area (Å²) < 4.78 is 12.2. The summed E-state index contributed by atoms with van der Waals surface area (Å²) >= 11 is 3.48. The molecule has 0 aromatic heterocycles. The fraction of sp³-hybridized carbons (Fsp3) is 0.286. The zero-order valence-electron chi connectivity index (χ0n) is 15.3. The number of hydrogen-bond donors (Lipinski definition) is 1. The van der Waals surface area contributed by atoms with Gasteiger partial charge in [0, 0.05) is 15.7 Å². The topological polar surface area (TPSA) is 47.6 Å². The normalized spacial score (nSPS) is 10.9. The maximum absolute atomic E-state index is 12.2. The minimum Gasteiger partial charge on any atom is -0.490 e. The molecule has 2 aromatic carbocycles. The van der Waals surface area contributed by atoms with Gasteiger partial charge in [-0.25, -0.2) is 0 Å². The van der Waals surface area contributed by atoms with Crippen molar-refractivity contribution in [3.05, 3.63) is 65.2 Å². The number of carbonyl (C=O) groups excluding carboxylic acids is 1. The molecular formula is C21H24BrNO3. The average molecular weight is 418 g/mol. The van der Waals surface area contributed by atoms with Gasteiger partial charge in [-0.3, -0.25) is 4.79 Å². The fourth-order valence-electron chi connectivity index (χ4n) is 2.34. The number of ether oxygens (including phenoxy) is 2. The van der Waals surface area contributed by atoms with Gasteiger partial charge in [0.05, 0.1) is 0 Å². The number of hydrogen-bond acceptors (Lipinski definition) is 3. The van der Waals surface area contributed by atoms with Gasteiger partial charge in [-0.1, -0.05) is 49.4 Å². The minimum absolute atomic E-state index is 0.0561. The molecule has 0 aliphatic rings. The van der Waals surface area contributed by atoms with Crippen LogP contribution in [0.5, 0.6) is 11.5 Å². The van der Waals surface area contributed by atoms with E-state index in [-0.39, 0.29) is 17.9 Å². The van der Waals surface area contributed by atoms with Gasteiger partial charge in [0.15, 0.2) is 6.61 Å². The van der Waals surface area contributed by atoms with E-state index in [1.807, 2.05) is 18.2 Å². The van der Waals surface area contributed by atoms with Crippen LogP contribution in [0.3, 0.4) is 0 Å². The first-order valence-electron chi connectivity index (χ1n) is 8.36. The second-order valence-electron chi connectivity index (χ2n) is 6.85. The van der Waals surface area contributed by atoms with E-state index in [4.69, 9.17) is 9.47 Å². The molecular weight excluding hydrogens is 394 g/mol. The third-order valence-corrected chi connectivity index (χ3v) is 4.11. The van der Waals surface area contributed by atoms with E-state index in [1.54, 1.807) is 30.3 Å². The minimum atomic E-state index is -0.215. The lowest BCUT2D eigenvalue weighted by Crippen LogP contribution is -2.22. The summed E-state index contributed by atoms with van der Waals surface area (Å²) in [5.74, 6) is 1.22. The summed E-state index contributed by atoms with van der Waals surface area (Å²) in [7, 11) is 0. The van der Waals surface area contributed by atoms with Crippen molar-refractivity contribution < 1.29 is 14.3 Å². The van der Waals surface area contributed by atoms with Crippen LogP contribution >= 0.6 is 15.9 Å². The van der Waals surface area contributed by atoms with Crippen molar-refractivity contribution in [1.82, 2.24) is 0 Å². The lowest BCUT2D eigenvalue weighted by atomic mass is 9.86. The van der Waals surface area contributed by atoms with Crippen LogP contribution in [0.4, 0.5) is 5.69 Å². The number of amides is 1. The standard InChI is InChI=1S/C21H24BrNO3/c1-5-12-25-17-9-7-16(8-10-17)23-20(24)14-26-19-11-6-15(22)13-18(19)21(2,3)4/h5-11,13H,1,12,14H2,2-4H3,(H,23,24). The second kappa shape index (κ2) is 8.90. The first-order valence-corrected chi connectivity index (χ1v) is 9.15. The number of rotatable bonds is 7. The summed E-state index contributed by atoms with van der Waals surface area (Å²) in [6.45, 7) is 10.3. The van der Waals surface area contributed by atoms with Crippen LogP contribution in [0.25, 0.3) is 0 Å². The average Bonchev–Trinajstić information content (AvgIpc) is 2.59. The highest BCUT2D eigenvalue weighted by Gasteiger charge is 2.20. The van der Waals surface area contributed by atoms with Crippen LogP contribution in [0.1, 0.15) is 26.3 Å². The number of anilines is 1. The van der Waals surface area contributed by atoms with Crippen molar-refractivity contribution >= 4 is 27.5 Å². The van der Waals surface area contributed by atoms with Crippen molar-refractivity contribution in [1.29, 1.82) is 0 Å². The molecule has 2 rings (SSSR count). The Bertz CT molecular complexity index is 764. The summed E-state index contributed by atoms with van der Waals surface area (Å²) in [5, 5.41) is 2.82. The van der Waals surface area contributed by atoms with Gasteiger partial charge in [0.1, 0.15) is 18.1 Å². The SMILES string of the molecule is C=CCOc1ccc(NC(=O)COc2ccc(Br)cc2C(C)(C)C)cc1. The maximum Gasteiger partial charge on any atom is 0.262 e. The van der Waals surface area contributed by atoms with Gasteiger partial charge in [0.2, 0.25) is 0 Å². The second-order valence-corrected chi connectivity index (χ2v) is 7.77. The summed E-state index contributed by atoms with van der Waals surface area (Å²) in [6, 6.07) is 13.0. The molecule has 1 N–H and O–H groups in total. The largest absolute Gasteiger partial charge is 0.490 e. The van der Waals surface area contributed by atoms with E-state index in [9.17, 15) is 4.79 Å². The van der Waals surface area contributed by atoms with Gasteiger partial charge in [-0.15, -0.1) is 0 Å². The van der Waals surface area contributed by atoms with E-state index in [0.29, 0.717) is 18.0 Å². The van der Waals surface area contributed by atoms with Crippen molar-refractivity contribution in [2.24, 2.45) is 0 Å². The lowest BCUT2D eigenvalue weighted by Gasteiger charge is -2.23. The maximum atomic E-state index is 12.2. The van der Waals surface area contributed by atoms with Crippen LogP contribution in [-0.4, -0.2) is 19.1 Å². The van der Waals surface area contributed by atoms with E-state index >= 15 is 0 Å². The summed E-state index contributed by atoms with van der Waals surface area (Å²) in [5.41, 5.74) is 1.65. The molecule has 0 saturated heterocycles. The molecule has 26 heavy (non-hydrogen) atoms. The Morgan fingerprint density at radius 3 is 2.46 bits per heavy atom. The van der Waals surface area contributed by atoms with Crippen LogP contribution in [-0.2, 0) is 10.2 Å². The molecule has 5 heteroatoms. The molecule has 0 saturated carbocycles. The van der Waals surface area contributed by atoms with Crippen LogP contribution in [0, 0.1) is 0 Å². The van der Waals surface area contributed by atoms with Gasteiger partial charge in [-0.2, -0.15) is 0 Å². The Morgan fingerprint density at radius 1 is 1.15 bits per heavy atom. The van der Waals surface area contributed by atoms with Gasteiger partial charge >= 0.3 is 0 Å². The molecule has 2 aromatic rings. The fourth-order valence-corrected chi connectivity index (χ4v) is 2.71. The molecule has 0 aliphatic heterocycles. The highest BCUT2D eigenvalue weighted by molar-refractivity contribution is 9.10. The Balaban J connectivity index is 1.96. The molecule has 0 atom stereocenters. The molecule has 0 fully saturated rings. The first kappa shape index (κ1) is 20.0. The Hall–Kier alpha value is -2.27. The van der Waals surface area contributed by atoms with Crippen molar-refractivity contribution in [2.45, 2.75) is 26.2 Å². The van der Waals surface area contributed by atoms with E-state index in [0.717, 1.165) is 15.8 Å². The highest BCUT2D eigenvalue weighted by Crippen LogP contribution is 2.33. The van der Waals surface area contributed by atoms with Crippen LogP contribution < -0.4 is 14.8 Å². The van der Waals surface area contributed by atoms with Crippen molar-refractivity contribution in [3.63, 3.8) is 0 Å². The molecule has 0 bridgehead atoms. The summed E-state index contributed by atoms with van der Waals surface area (Å²) in [4.78, 5) is 12.2. The highest BCUT2D eigenvalue weighted by atomic mass is 79.9. The third kappa shape index (κ3) is 5.92. The van der Waals surface area contributed by atoms with Crippen molar-refractivity contribution in [2.75, 3.05) is 18.5 Å². The zero-order valence-corrected chi connectivity index (χ0v) is 16.9. The Morgan fingerprint density at radius 2 is 1.85 bits per heavy atom. The summed E-state index contributed by atoms with van der Waals surface area (Å²) in [6.07, 6.45) is 1.68. The molecule has 138 valence electrons.